The Balaban J connectivity index is 1.69. The number of benzene rings is 1. The van der Waals surface area contributed by atoms with Crippen molar-refractivity contribution >= 4 is 11.6 Å². The number of nitrogens with one attached hydrogen (secondary N) is 1. The number of carbonyl (C=O) groups is 1. The van der Waals surface area contributed by atoms with Gasteiger partial charge in [0.2, 0.25) is 5.91 Å². The molecule has 24 heavy (non-hydrogen) atoms. The molecule has 7 nitrogen and oxygen atoms in total. The SMILES string of the molecule is CCOC1CC(N)(C(=O)Nc2ccc(-n3nccn3)cc2)C1(C)C. The Morgan fingerprint density at radius 3 is 2.50 bits per heavy atom. The van der Waals surface area contributed by atoms with Crippen molar-refractivity contribution < 1.29 is 9.53 Å². The molecular formula is C17H23N5O2. The summed E-state index contributed by atoms with van der Waals surface area (Å²) in [6, 6.07) is 7.30. The summed E-state index contributed by atoms with van der Waals surface area (Å²) >= 11 is 0. The first-order chi connectivity index (χ1) is 11.4. The summed E-state index contributed by atoms with van der Waals surface area (Å²) in [5.74, 6) is -0.187. The molecule has 0 aliphatic heterocycles. The minimum atomic E-state index is -0.935. The van der Waals surface area contributed by atoms with Gasteiger partial charge in [0, 0.05) is 24.1 Å². The molecule has 1 aromatic heterocycles. The predicted octanol–water partition coefficient (Wildman–Crippen LogP) is 1.74. The first-order valence-electron chi connectivity index (χ1n) is 8.07. The van der Waals surface area contributed by atoms with Crippen LogP contribution in [0, 0.1) is 5.41 Å². The molecule has 1 saturated carbocycles. The molecule has 1 aliphatic carbocycles. The van der Waals surface area contributed by atoms with Crippen molar-refractivity contribution in [2.75, 3.05) is 11.9 Å². The summed E-state index contributed by atoms with van der Waals surface area (Å²) in [6.07, 6.45) is 3.75. The molecule has 0 bridgehead atoms. The van der Waals surface area contributed by atoms with Crippen molar-refractivity contribution in [1.82, 2.24) is 15.0 Å². The number of hydrogen-bond acceptors (Lipinski definition) is 5. The van der Waals surface area contributed by atoms with Crippen LogP contribution in [0.5, 0.6) is 0 Å². The highest BCUT2D eigenvalue weighted by molar-refractivity contribution is 5.99. The maximum atomic E-state index is 12.7. The van der Waals surface area contributed by atoms with E-state index < -0.39 is 11.0 Å². The van der Waals surface area contributed by atoms with E-state index in [2.05, 4.69) is 15.5 Å². The lowest BCUT2D eigenvalue weighted by atomic mass is 9.54. The van der Waals surface area contributed by atoms with E-state index in [0.29, 0.717) is 18.7 Å². The summed E-state index contributed by atoms with van der Waals surface area (Å²) in [6.45, 7) is 6.52. The molecule has 1 aliphatic rings. The van der Waals surface area contributed by atoms with Gasteiger partial charge in [-0.15, -0.1) is 0 Å². The Hall–Kier alpha value is -2.25. The normalized spacial score (nSPS) is 25.1. The van der Waals surface area contributed by atoms with Crippen LogP contribution in [0.15, 0.2) is 36.7 Å². The third-order valence-corrected chi connectivity index (χ3v) is 5.01. The van der Waals surface area contributed by atoms with Gasteiger partial charge in [0.25, 0.3) is 0 Å². The monoisotopic (exact) mass is 329 g/mol. The van der Waals surface area contributed by atoms with E-state index >= 15 is 0 Å². The second kappa shape index (κ2) is 5.99. The van der Waals surface area contributed by atoms with Gasteiger partial charge in [-0.2, -0.15) is 15.0 Å². The van der Waals surface area contributed by atoms with Crippen LogP contribution in [0.1, 0.15) is 27.2 Å². The van der Waals surface area contributed by atoms with E-state index in [1.165, 1.54) is 4.80 Å². The molecule has 1 amide bonds. The van der Waals surface area contributed by atoms with Crippen LogP contribution in [-0.4, -0.2) is 39.2 Å². The summed E-state index contributed by atoms with van der Waals surface area (Å²) < 4.78 is 5.67. The molecular weight excluding hydrogens is 306 g/mol. The van der Waals surface area contributed by atoms with Crippen LogP contribution in [0.3, 0.4) is 0 Å². The second-order valence-electron chi connectivity index (χ2n) is 6.66. The molecule has 0 saturated heterocycles. The van der Waals surface area contributed by atoms with Crippen molar-refractivity contribution in [2.24, 2.45) is 11.1 Å². The zero-order valence-corrected chi connectivity index (χ0v) is 14.2. The smallest absolute Gasteiger partial charge is 0.245 e. The topological polar surface area (TPSA) is 95.1 Å². The van der Waals surface area contributed by atoms with E-state index in [4.69, 9.17) is 10.5 Å². The fourth-order valence-corrected chi connectivity index (χ4v) is 3.09. The van der Waals surface area contributed by atoms with Gasteiger partial charge < -0.3 is 15.8 Å². The number of amides is 1. The molecule has 1 heterocycles. The minimum Gasteiger partial charge on any atom is -0.378 e. The molecule has 2 aromatic rings. The third kappa shape index (κ3) is 2.59. The summed E-state index contributed by atoms with van der Waals surface area (Å²) in [4.78, 5) is 14.2. The summed E-state index contributed by atoms with van der Waals surface area (Å²) in [7, 11) is 0. The number of carbonyl (C=O) groups excluding carboxylic acids is 1. The van der Waals surface area contributed by atoms with Crippen molar-refractivity contribution in [2.45, 2.75) is 38.8 Å². The molecule has 3 rings (SSSR count). The van der Waals surface area contributed by atoms with Crippen molar-refractivity contribution in [3.63, 3.8) is 0 Å². The number of rotatable bonds is 5. The van der Waals surface area contributed by atoms with E-state index in [9.17, 15) is 4.79 Å². The van der Waals surface area contributed by atoms with Gasteiger partial charge >= 0.3 is 0 Å². The van der Waals surface area contributed by atoms with E-state index in [-0.39, 0.29) is 12.0 Å². The second-order valence-corrected chi connectivity index (χ2v) is 6.66. The Morgan fingerprint density at radius 1 is 1.33 bits per heavy atom. The zero-order valence-electron chi connectivity index (χ0n) is 14.2. The maximum Gasteiger partial charge on any atom is 0.245 e. The van der Waals surface area contributed by atoms with Crippen LogP contribution in [0.4, 0.5) is 5.69 Å². The highest BCUT2D eigenvalue weighted by Gasteiger charge is 2.62. The number of hydrogen-bond donors (Lipinski definition) is 2. The Morgan fingerprint density at radius 2 is 1.96 bits per heavy atom. The van der Waals surface area contributed by atoms with Crippen LogP contribution < -0.4 is 11.1 Å². The largest absolute Gasteiger partial charge is 0.378 e. The number of anilines is 1. The highest BCUT2D eigenvalue weighted by atomic mass is 16.5. The average Bonchev–Trinajstić information content (AvgIpc) is 3.09. The highest BCUT2D eigenvalue weighted by Crippen LogP contribution is 2.50. The summed E-state index contributed by atoms with van der Waals surface area (Å²) in [5.41, 5.74) is 6.55. The van der Waals surface area contributed by atoms with Crippen molar-refractivity contribution in [3.8, 4) is 5.69 Å². The Bertz CT molecular complexity index is 711. The number of nitrogens with two attached hydrogens (primary N) is 1. The van der Waals surface area contributed by atoms with Gasteiger partial charge in [-0.1, -0.05) is 13.8 Å². The first-order valence-corrected chi connectivity index (χ1v) is 8.07. The fourth-order valence-electron chi connectivity index (χ4n) is 3.09. The van der Waals surface area contributed by atoms with Crippen molar-refractivity contribution in [1.29, 1.82) is 0 Å². The first kappa shape index (κ1) is 16.6. The number of nitrogens with zero attached hydrogens (tertiary/aromatic N) is 3. The Labute approximate surface area is 141 Å². The number of aromatic nitrogens is 3. The molecule has 1 aromatic carbocycles. The van der Waals surface area contributed by atoms with Crippen LogP contribution in [0.2, 0.25) is 0 Å². The lowest BCUT2D eigenvalue weighted by Crippen LogP contribution is -2.74. The zero-order chi connectivity index (χ0) is 17.4. The third-order valence-electron chi connectivity index (χ3n) is 5.01. The maximum absolute atomic E-state index is 12.7. The van der Waals surface area contributed by atoms with Gasteiger partial charge in [0.05, 0.1) is 24.2 Å². The molecule has 0 radical (unpaired) electrons. The minimum absolute atomic E-state index is 0.00603. The molecule has 3 N–H and O–H groups in total. The fraction of sp³-hybridized carbons (Fsp3) is 0.471. The van der Waals surface area contributed by atoms with Crippen LogP contribution in [0.25, 0.3) is 5.69 Å². The van der Waals surface area contributed by atoms with Gasteiger partial charge in [0.15, 0.2) is 0 Å². The lowest BCUT2D eigenvalue weighted by Gasteiger charge is -2.57. The van der Waals surface area contributed by atoms with Crippen molar-refractivity contribution in [3.05, 3.63) is 36.7 Å². The molecule has 1 fully saturated rings. The quantitative estimate of drug-likeness (QED) is 0.871. The van der Waals surface area contributed by atoms with Gasteiger partial charge in [-0.05, 0) is 31.2 Å². The molecule has 128 valence electrons. The predicted molar refractivity (Wildman–Crippen MR) is 90.7 cm³/mol. The van der Waals surface area contributed by atoms with Gasteiger partial charge in [-0.3, -0.25) is 4.79 Å². The molecule has 2 atom stereocenters. The van der Waals surface area contributed by atoms with Crippen LogP contribution in [-0.2, 0) is 9.53 Å². The van der Waals surface area contributed by atoms with E-state index in [1.54, 1.807) is 12.4 Å². The lowest BCUT2D eigenvalue weighted by molar-refractivity contribution is -0.166. The summed E-state index contributed by atoms with van der Waals surface area (Å²) in [5, 5.41) is 11.0. The van der Waals surface area contributed by atoms with Gasteiger partial charge in [-0.25, -0.2) is 0 Å². The van der Waals surface area contributed by atoms with Gasteiger partial charge in [0.1, 0.15) is 5.54 Å². The Kier molecular flexibility index (Phi) is 4.15. The van der Waals surface area contributed by atoms with E-state index in [1.807, 2.05) is 45.0 Å². The van der Waals surface area contributed by atoms with E-state index in [0.717, 1.165) is 5.69 Å². The molecule has 2 unspecified atom stereocenters. The molecule has 7 heteroatoms. The average molecular weight is 329 g/mol. The number of ether oxygens (including phenoxy) is 1. The van der Waals surface area contributed by atoms with Crippen LogP contribution >= 0.6 is 0 Å². The molecule has 0 spiro atoms. The standard InChI is InChI=1S/C17H23N5O2/c1-4-24-14-11-17(18,16(14,2)3)15(23)21-12-5-7-13(8-6-12)22-19-9-10-20-22/h5-10,14H,4,11,18H2,1-3H3,(H,21,23).